The van der Waals surface area contributed by atoms with Crippen LogP contribution in [0.25, 0.3) is 10.6 Å². The van der Waals surface area contributed by atoms with Crippen molar-refractivity contribution in [3.8, 4) is 0 Å². The summed E-state index contributed by atoms with van der Waals surface area (Å²) in [6, 6.07) is 0.735. The van der Waals surface area contributed by atoms with E-state index < -0.39 is 0 Å². The Kier molecular flexibility index (Phi) is 7.78. The van der Waals surface area contributed by atoms with Crippen LogP contribution in [0, 0.1) is 0 Å². The first kappa shape index (κ1) is 14.5. The molecule has 0 aliphatic carbocycles. The van der Waals surface area contributed by atoms with Crippen LogP contribution in [-0.4, -0.2) is 18.6 Å². The molecule has 0 aromatic carbocycles. The van der Waals surface area contributed by atoms with Gasteiger partial charge in [0.15, 0.2) is 0 Å². The van der Waals surface area contributed by atoms with E-state index in [4.69, 9.17) is 19.1 Å². The molecule has 2 atom stereocenters. The van der Waals surface area contributed by atoms with Crippen LogP contribution in [0.4, 0.5) is 0 Å². The maximum atomic E-state index is 4.81. The number of piperidine rings is 1. The number of halogens is 2. The Morgan fingerprint density at radius 3 is 2.69 bits per heavy atom. The molecule has 0 spiro atoms. The maximum absolute atomic E-state index is 4.81. The Balaban J connectivity index is 0.000000386. The molecule has 0 aromatic rings. The van der Waals surface area contributed by atoms with E-state index in [2.05, 4.69) is 35.8 Å². The van der Waals surface area contributed by atoms with Crippen LogP contribution >= 0.6 is 19.1 Å². The quantitative estimate of drug-likeness (QED) is 0.621. The van der Waals surface area contributed by atoms with E-state index in [1.165, 1.54) is 25.0 Å². The second-order valence-electron chi connectivity index (χ2n) is 3.81. The van der Waals surface area contributed by atoms with E-state index in [1.54, 1.807) is 0 Å². The molecule has 2 nitrogen and oxygen atoms in total. The minimum absolute atomic E-state index is 0.106. The van der Waals surface area contributed by atoms with E-state index in [1.807, 2.05) is 0 Å². The molecule has 96 valence electrons. The van der Waals surface area contributed by atoms with Crippen LogP contribution in [0.15, 0.2) is 23.9 Å². The van der Waals surface area contributed by atoms with Gasteiger partial charge in [-0.2, -0.15) is 5.70 Å². The summed E-state index contributed by atoms with van der Waals surface area (Å²) in [7, 11) is 9.63. The Labute approximate surface area is 114 Å². The normalized spacial score (nSPS) is 28.8. The SMILES string of the molecule is CC1C=CC=C(C2CCCC[N-]2)[N-]1.[Cl][Pd][Cl]. The van der Waals surface area contributed by atoms with Gasteiger partial charge in [0.2, 0.25) is 0 Å². The fraction of sp³-hybridized carbons (Fsp3) is 0.636. The van der Waals surface area contributed by atoms with Crippen molar-refractivity contribution in [1.82, 2.24) is 0 Å². The average Bonchev–Trinajstić information content (AvgIpc) is 2.31. The summed E-state index contributed by atoms with van der Waals surface area (Å²) in [6.45, 7) is 3.14. The van der Waals surface area contributed by atoms with Crippen molar-refractivity contribution >= 4 is 19.1 Å². The molecule has 0 N–H and O–H groups in total. The molecule has 0 bridgehead atoms. The average molecular weight is 354 g/mol. The zero-order valence-corrected chi connectivity index (χ0v) is 12.2. The van der Waals surface area contributed by atoms with Gasteiger partial charge in [0.05, 0.1) is 0 Å². The molecule has 0 saturated carbocycles. The third kappa shape index (κ3) is 5.21. The number of allylic oxidation sites excluding steroid dienone is 2. The summed E-state index contributed by atoms with van der Waals surface area (Å²) in [5.41, 5.74) is 1.19. The summed E-state index contributed by atoms with van der Waals surface area (Å²) in [4.78, 5) is 0. The van der Waals surface area contributed by atoms with Crippen LogP contribution < -0.4 is 0 Å². The van der Waals surface area contributed by atoms with E-state index >= 15 is 0 Å². The summed E-state index contributed by atoms with van der Waals surface area (Å²) >= 11 is -0.106. The predicted octanol–water partition coefficient (Wildman–Crippen LogP) is 4.51. The molecule has 2 unspecified atom stereocenters. The Morgan fingerprint density at radius 2 is 2.12 bits per heavy atom. The van der Waals surface area contributed by atoms with Gasteiger partial charge in [0.1, 0.15) is 0 Å². The van der Waals surface area contributed by atoms with Gasteiger partial charge in [-0.25, -0.2) is 0 Å². The summed E-state index contributed by atoms with van der Waals surface area (Å²) in [5.74, 6) is 0. The molecule has 2 aliphatic heterocycles. The fourth-order valence-corrected chi connectivity index (χ4v) is 1.86. The molecule has 2 rings (SSSR count). The van der Waals surface area contributed by atoms with Crippen LogP contribution in [0.5, 0.6) is 0 Å². The van der Waals surface area contributed by atoms with Crippen molar-refractivity contribution in [2.45, 2.75) is 38.3 Å². The van der Waals surface area contributed by atoms with Crippen molar-refractivity contribution in [3.63, 3.8) is 0 Å². The Bertz CT molecular complexity index is 250. The molecule has 5 heteroatoms. The third-order valence-corrected chi connectivity index (χ3v) is 2.59. The van der Waals surface area contributed by atoms with Crippen molar-refractivity contribution in [2.24, 2.45) is 0 Å². The molecule has 1 saturated heterocycles. The van der Waals surface area contributed by atoms with Crippen molar-refractivity contribution < 1.29 is 15.9 Å². The van der Waals surface area contributed by atoms with E-state index in [-0.39, 0.29) is 15.9 Å². The van der Waals surface area contributed by atoms with Crippen molar-refractivity contribution in [1.29, 1.82) is 0 Å². The van der Waals surface area contributed by atoms with Gasteiger partial charge in [0, 0.05) is 0 Å². The van der Waals surface area contributed by atoms with E-state index in [9.17, 15) is 0 Å². The Hall–Kier alpha value is 0.482. The van der Waals surface area contributed by atoms with E-state index in [0.29, 0.717) is 12.1 Å². The topological polar surface area (TPSA) is 28.2 Å². The summed E-state index contributed by atoms with van der Waals surface area (Å²) < 4.78 is 0. The van der Waals surface area contributed by atoms with Crippen molar-refractivity contribution in [2.75, 3.05) is 6.54 Å². The molecule has 0 amide bonds. The molecule has 1 fully saturated rings. The zero-order chi connectivity index (χ0) is 11.8. The van der Waals surface area contributed by atoms with Crippen LogP contribution in [0.1, 0.15) is 26.2 Å². The van der Waals surface area contributed by atoms with Gasteiger partial charge in [-0.3, -0.25) is 0 Å². The fourth-order valence-electron chi connectivity index (χ4n) is 1.86. The first-order chi connectivity index (χ1) is 7.77. The van der Waals surface area contributed by atoms with Crippen molar-refractivity contribution in [3.05, 3.63) is 34.6 Å². The number of hydrogen-bond donors (Lipinski definition) is 0. The van der Waals surface area contributed by atoms with Crippen LogP contribution in [0.3, 0.4) is 0 Å². The predicted molar refractivity (Wildman–Crippen MR) is 67.6 cm³/mol. The molecular formula is C11H16Cl2N2Pd-2. The molecule has 16 heavy (non-hydrogen) atoms. The van der Waals surface area contributed by atoms with Gasteiger partial charge in [0.25, 0.3) is 0 Å². The molecule has 2 aliphatic rings. The van der Waals surface area contributed by atoms with E-state index in [0.717, 1.165) is 6.54 Å². The zero-order valence-electron chi connectivity index (χ0n) is 9.18. The second-order valence-corrected chi connectivity index (χ2v) is 6.17. The standard InChI is InChI=1S/C11H16N2.2ClH.Pd/c1-9-5-4-7-11(13-9)10-6-2-3-8-12-10;;;/h4-5,7,9-10H,2-3,6,8H2,1H3;2*1H;/q-2;;;+2/p-2. The number of hydrogen-bond acceptors (Lipinski definition) is 0. The molecular weight excluding hydrogens is 337 g/mol. The van der Waals surface area contributed by atoms with Crippen LogP contribution in [-0.2, 0) is 15.9 Å². The molecule has 0 aromatic heterocycles. The Morgan fingerprint density at radius 1 is 1.38 bits per heavy atom. The van der Waals surface area contributed by atoms with Gasteiger partial charge in [-0.1, -0.05) is 44.4 Å². The monoisotopic (exact) mass is 352 g/mol. The third-order valence-electron chi connectivity index (χ3n) is 2.59. The number of rotatable bonds is 1. The van der Waals surface area contributed by atoms with Gasteiger partial charge >= 0.3 is 35.0 Å². The first-order valence-corrected chi connectivity index (χ1v) is 9.36. The number of nitrogens with zero attached hydrogens (tertiary/aromatic N) is 2. The van der Waals surface area contributed by atoms with Gasteiger partial charge in [-0.15, -0.1) is 18.6 Å². The second kappa shape index (κ2) is 8.56. The van der Waals surface area contributed by atoms with Gasteiger partial charge < -0.3 is 10.6 Å². The first-order valence-electron chi connectivity index (χ1n) is 5.36. The van der Waals surface area contributed by atoms with Gasteiger partial charge in [-0.05, 0) is 0 Å². The summed E-state index contributed by atoms with van der Waals surface area (Å²) in [6.07, 6.45) is 10.1. The van der Waals surface area contributed by atoms with Crippen LogP contribution in [0.2, 0.25) is 0 Å². The molecule has 0 radical (unpaired) electrons. The summed E-state index contributed by atoms with van der Waals surface area (Å²) in [5, 5.41) is 9.18. The minimum atomic E-state index is -0.106. The molecule has 2 heterocycles.